The number of nitrogens with zero attached hydrogens (tertiary/aromatic N) is 2. The molecule has 4 rings (SSSR count). The summed E-state index contributed by atoms with van der Waals surface area (Å²) >= 11 is 12.1. The van der Waals surface area contributed by atoms with E-state index in [9.17, 15) is 9.18 Å². The van der Waals surface area contributed by atoms with Crippen molar-refractivity contribution in [3.05, 3.63) is 88.7 Å². The van der Waals surface area contributed by atoms with E-state index < -0.39 is 0 Å². The molecule has 1 aliphatic heterocycles. The molecule has 1 N–H and O–H groups in total. The van der Waals surface area contributed by atoms with Crippen molar-refractivity contribution in [3.8, 4) is 5.75 Å². The molecular weight excluding hydrogens is 485 g/mol. The summed E-state index contributed by atoms with van der Waals surface area (Å²) in [6.45, 7) is 4.64. The van der Waals surface area contributed by atoms with Crippen LogP contribution in [0, 0.1) is 5.82 Å². The van der Waals surface area contributed by atoms with Gasteiger partial charge < -0.3 is 19.9 Å². The number of hydrogen-bond donors (Lipinski definition) is 1. The zero-order valence-corrected chi connectivity index (χ0v) is 21.0. The number of halogens is 2. The summed E-state index contributed by atoms with van der Waals surface area (Å²) in [5, 5.41) is 3.20. The molecule has 3 aromatic rings. The average molecular weight is 512 g/mol. The van der Waals surface area contributed by atoms with Crippen molar-refractivity contribution < 1.29 is 13.9 Å². The van der Waals surface area contributed by atoms with Crippen LogP contribution in [-0.4, -0.2) is 48.6 Å². The topological polar surface area (TPSA) is 44.8 Å². The number of carbonyl (C=O) groups is 1. The van der Waals surface area contributed by atoms with Crippen LogP contribution in [0.5, 0.6) is 5.75 Å². The lowest BCUT2D eigenvalue weighted by molar-refractivity contribution is -0.118. The number of benzene rings is 3. The Kier molecular flexibility index (Phi) is 8.21. The number of ether oxygens (including phenoxy) is 1. The highest BCUT2D eigenvalue weighted by Crippen LogP contribution is 2.27. The van der Waals surface area contributed by atoms with Gasteiger partial charge in [-0.1, -0.05) is 55.0 Å². The van der Waals surface area contributed by atoms with E-state index in [0.29, 0.717) is 47.6 Å². The number of thiocarbonyl (C=S) groups is 1. The molecule has 1 amide bonds. The van der Waals surface area contributed by atoms with Crippen LogP contribution in [0.4, 0.5) is 15.8 Å². The second kappa shape index (κ2) is 11.5. The first-order valence-electron chi connectivity index (χ1n) is 11.5. The van der Waals surface area contributed by atoms with Gasteiger partial charge >= 0.3 is 0 Å². The molecule has 0 radical (unpaired) electrons. The predicted octanol–water partition coefficient (Wildman–Crippen LogP) is 5.56. The number of anilines is 2. The lowest BCUT2D eigenvalue weighted by Crippen LogP contribution is -2.48. The molecule has 0 saturated carbocycles. The zero-order valence-electron chi connectivity index (χ0n) is 19.5. The highest BCUT2D eigenvalue weighted by atomic mass is 35.5. The molecule has 1 saturated heterocycles. The van der Waals surface area contributed by atoms with Gasteiger partial charge in [-0.15, -0.1) is 0 Å². The molecule has 0 aliphatic carbocycles. The Labute approximate surface area is 215 Å². The monoisotopic (exact) mass is 511 g/mol. The minimum absolute atomic E-state index is 0.156. The number of nitrogens with one attached hydrogen (secondary N) is 1. The van der Waals surface area contributed by atoms with Gasteiger partial charge in [0.15, 0.2) is 6.61 Å². The Balaban J connectivity index is 1.30. The van der Waals surface area contributed by atoms with E-state index in [4.69, 9.17) is 28.6 Å². The van der Waals surface area contributed by atoms with Gasteiger partial charge in [0, 0.05) is 37.4 Å². The van der Waals surface area contributed by atoms with Crippen molar-refractivity contribution in [1.29, 1.82) is 0 Å². The van der Waals surface area contributed by atoms with Crippen LogP contribution >= 0.6 is 23.8 Å². The summed E-state index contributed by atoms with van der Waals surface area (Å²) in [4.78, 5) is 17.1. The van der Waals surface area contributed by atoms with Gasteiger partial charge in [0.2, 0.25) is 0 Å². The molecule has 0 unspecified atom stereocenters. The average Bonchev–Trinajstić information content (AvgIpc) is 2.88. The number of para-hydroxylation sites is 1. The number of rotatable bonds is 7. The molecule has 0 spiro atoms. The van der Waals surface area contributed by atoms with E-state index >= 15 is 0 Å². The third-order valence-corrected chi connectivity index (χ3v) is 6.73. The number of aryl methyl sites for hydroxylation is 1. The second-order valence-electron chi connectivity index (χ2n) is 8.26. The zero-order chi connectivity index (χ0) is 24.8. The maximum atomic E-state index is 14.1. The molecule has 0 atom stereocenters. The largest absolute Gasteiger partial charge is 0.482 e. The first-order chi connectivity index (χ1) is 16.9. The Morgan fingerprint density at radius 1 is 1.06 bits per heavy atom. The number of hydrogen-bond acceptors (Lipinski definition) is 4. The minimum Gasteiger partial charge on any atom is -0.482 e. The Morgan fingerprint density at radius 3 is 2.43 bits per heavy atom. The summed E-state index contributed by atoms with van der Waals surface area (Å²) < 4.78 is 19.7. The van der Waals surface area contributed by atoms with Crippen molar-refractivity contribution in [2.24, 2.45) is 0 Å². The van der Waals surface area contributed by atoms with E-state index in [2.05, 4.69) is 17.1 Å². The maximum absolute atomic E-state index is 14.1. The fourth-order valence-electron chi connectivity index (χ4n) is 3.96. The van der Waals surface area contributed by atoms with Gasteiger partial charge in [-0.05, 0) is 54.4 Å². The van der Waals surface area contributed by atoms with Crippen LogP contribution in [-0.2, 0) is 11.2 Å². The smallest absolute Gasteiger partial charge is 0.262 e. The van der Waals surface area contributed by atoms with Crippen molar-refractivity contribution in [2.75, 3.05) is 43.0 Å². The van der Waals surface area contributed by atoms with Crippen LogP contribution in [0.3, 0.4) is 0 Å². The molecule has 1 heterocycles. The van der Waals surface area contributed by atoms with Crippen LogP contribution in [0.15, 0.2) is 66.7 Å². The highest BCUT2D eigenvalue weighted by Gasteiger charge is 2.22. The Morgan fingerprint density at radius 2 is 1.77 bits per heavy atom. The highest BCUT2D eigenvalue weighted by molar-refractivity contribution is 7.80. The normalized spacial score (nSPS) is 13.5. The molecule has 0 aromatic heterocycles. The number of amides is 1. The SMILES string of the molecule is CCc1ccc(NC(=O)COc2ccc(C(=S)N3CCN(c4ccccc4F)CC3)cc2Cl)cc1. The standard InChI is InChI=1S/C27H27ClFN3O2S/c1-2-19-7-10-21(11-8-19)30-26(33)18-34-25-12-9-20(17-22(25)28)27(35)32-15-13-31(14-16-32)24-6-4-3-5-23(24)29/h3-12,17H,2,13-16,18H2,1H3,(H,30,33). The maximum Gasteiger partial charge on any atom is 0.262 e. The van der Waals surface area contributed by atoms with Crippen molar-refractivity contribution in [3.63, 3.8) is 0 Å². The van der Waals surface area contributed by atoms with Gasteiger partial charge in [0.1, 0.15) is 16.6 Å². The second-order valence-corrected chi connectivity index (χ2v) is 9.06. The fourth-order valence-corrected chi connectivity index (χ4v) is 4.50. The van der Waals surface area contributed by atoms with Crippen LogP contribution in [0.25, 0.3) is 0 Å². The molecule has 35 heavy (non-hydrogen) atoms. The fraction of sp³-hybridized carbons (Fsp3) is 0.259. The first-order valence-corrected chi connectivity index (χ1v) is 12.3. The van der Waals surface area contributed by atoms with Gasteiger partial charge in [-0.25, -0.2) is 4.39 Å². The minimum atomic E-state index is -0.266. The molecular formula is C27H27ClFN3O2S. The van der Waals surface area contributed by atoms with E-state index in [1.165, 1.54) is 11.6 Å². The summed E-state index contributed by atoms with van der Waals surface area (Å²) in [6, 6.07) is 19.8. The predicted molar refractivity (Wildman–Crippen MR) is 143 cm³/mol. The Hall–Kier alpha value is -3.16. The molecule has 3 aromatic carbocycles. The van der Waals surface area contributed by atoms with Crippen molar-refractivity contribution in [2.45, 2.75) is 13.3 Å². The molecule has 1 aliphatic rings. The van der Waals surface area contributed by atoms with Crippen LogP contribution in [0.2, 0.25) is 5.02 Å². The molecule has 0 bridgehead atoms. The summed E-state index contributed by atoms with van der Waals surface area (Å²) in [5.41, 5.74) is 3.34. The van der Waals surface area contributed by atoms with Crippen LogP contribution < -0.4 is 15.0 Å². The molecule has 5 nitrogen and oxygen atoms in total. The van der Waals surface area contributed by atoms with Gasteiger partial charge in [-0.3, -0.25) is 4.79 Å². The third kappa shape index (κ3) is 6.29. The van der Waals surface area contributed by atoms with Gasteiger partial charge in [0.25, 0.3) is 5.91 Å². The molecule has 8 heteroatoms. The molecule has 182 valence electrons. The van der Waals surface area contributed by atoms with Crippen molar-refractivity contribution >= 4 is 46.1 Å². The lowest BCUT2D eigenvalue weighted by atomic mass is 10.1. The number of carbonyl (C=O) groups excluding carboxylic acids is 1. The van der Waals surface area contributed by atoms with Crippen LogP contribution in [0.1, 0.15) is 18.1 Å². The summed E-state index contributed by atoms with van der Waals surface area (Å²) in [6.07, 6.45) is 0.944. The summed E-state index contributed by atoms with van der Waals surface area (Å²) in [7, 11) is 0. The van der Waals surface area contributed by atoms with Crippen molar-refractivity contribution in [1.82, 2.24) is 4.90 Å². The third-order valence-electron chi connectivity index (χ3n) is 5.94. The Bertz CT molecular complexity index is 1200. The first kappa shape index (κ1) is 24.9. The van der Waals surface area contributed by atoms with E-state index in [1.54, 1.807) is 24.3 Å². The van der Waals surface area contributed by atoms with E-state index in [0.717, 1.165) is 17.7 Å². The van der Waals surface area contributed by atoms with E-state index in [-0.39, 0.29) is 18.3 Å². The lowest BCUT2D eigenvalue weighted by Gasteiger charge is -2.37. The molecule has 1 fully saturated rings. The van der Waals surface area contributed by atoms with E-state index in [1.807, 2.05) is 41.3 Å². The van der Waals surface area contributed by atoms with Gasteiger partial charge in [0.05, 0.1) is 10.7 Å². The van der Waals surface area contributed by atoms with Gasteiger partial charge in [-0.2, -0.15) is 0 Å². The number of piperazine rings is 1. The quantitative estimate of drug-likeness (QED) is 0.421. The summed E-state index contributed by atoms with van der Waals surface area (Å²) in [5.74, 6) is -0.0642.